The Balaban J connectivity index is 1.40. The van der Waals surface area contributed by atoms with Gasteiger partial charge in [0.2, 0.25) is 0 Å². The van der Waals surface area contributed by atoms with E-state index in [1.165, 1.54) is 24.3 Å². The van der Waals surface area contributed by atoms with Crippen LogP contribution in [0, 0.1) is 0 Å². The van der Waals surface area contributed by atoms with E-state index in [9.17, 15) is 29.1 Å². The lowest BCUT2D eigenvalue weighted by Gasteiger charge is -2.18. The number of hydrogen-bond acceptors (Lipinski definition) is 8. The predicted octanol–water partition coefficient (Wildman–Crippen LogP) is 1.59. The second-order valence-electron chi connectivity index (χ2n) is 7.23. The molecule has 10 nitrogen and oxygen atoms in total. The fraction of sp³-hybridized carbons (Fsp3) is 0.227. The van der Waals surface area contributed by atoms with E-state index in [0.29, 0.717) is 10.1 Å². The highest BCUT2D eigenvalue weighted by atomic mass is 16.7. The number of hydroxylamine groups is 4. The molecule has 0 saturated carbocycles. The number of benzene rings is 2. The largest absolute Gasteiger partial charge is 0.370 e. The van der Waals surface area contributed by atoms with Crippen molar-refractivity contribution in [2.45, 2.75) is 31.9 Å². The number of imide groups is 1. The summed E-state index contributed by atoms with van der Waals surface area (Å²) in [5, 5.41) is 10.8. The molecule has 2 aromatic carbocycles. The maximum absolute atomic E-state index is 12.2. The fourth-order valence-corrected chi connectivity index (χ4v) is 3.29. The van der Waals surface area contributed by atoms with Gasteiger partial charge in [-0.15, -0.1) is 10.1 Å². The van der Waals surface area contributed by atoms with Crippen LogP contribution in [0.25, 0.3) is 11.1 Å². The summed E-state index contributed by atoms with van der Waals surface area (Å²) in [6.45, 7) is 0. The number of rotatable bonds is 5. The maximum atomic E-state index is 12.2. The molecule has 10 heteroatoms. The zero-order valence-electron chi connectivity index (χ0n) is 16.7. The van der Waals surface area contributed by atoms with Crippen molar-refractivity contribution in [1.82, 2.24) is 10.1 Å². The van der Waals surface area contributed by atoms with Crippen LogP contribution >= 0.6 is 0 Å². The van der Waals surface area contributed by atoms with Crippen LogP contribution in [0.2, 0.25) is 0 Å². The second-order valence-corrected chi connectivity index (χ2v) is 7.23. The highest BCUT2D eigenvalue weighted by Crippen LogP contribution is 2.23. The Morgan fingerprint density at radius 3 is 1.62 bits per heavy atom. The summed E-state index contributed by atoms with van der Waals surface area (Å²) < 4.78 is 0. The third-order valence-corrected chi connectivity index (χ3v) is 5.07. The minimum Gasteiger partial charge on any atom is -0.370 e. The number of nitrogens with zero attached hydrogens (tertiary/aromatic N) is 2. The Hall–Kier alpha value is -4.05. The molecule has 32 heavy (non-hydrogen) atoms. The number of amides is 3. The van der Waals surface area contributed by atoms with Gasteiger partial charge in [0.1, 0.15) is 0 Å². The molecule has 2 aliphatic rings. The van der Waals surface area contributed by atoms with Crippen molar-refractivity contribution < 1.29 is 38.8 Å². The molecule has 0 bridgehead atoms. The summed E-state index contributed by atoms with van der Waals surface area (Å²) in [7, 11) is 0. The molecular formula is C22H18N2O8. The molecule has 3 amide bonds. The zero-order valence-corrected chi connectivity index (χ0v) is 16.7. The molecule has 2 saturated heterocycles. The molecule has 2 aliphatic heterocycles. The van der Waals surface area contributed by atoms with Crippen molar-refractivity contribution in [3.63, 3.8) is 0 Å². The van der Waals surface area contributed by atoms with Gasteiger partial charge in [-0.2, -0.15) is 0 Å². The fourth-order valence-electron chi connectivity index (χ4n) is 3.29. The Bertz CT molecular complexity index is 1080. The molecule has 2 fully saturated rings. The van der Waals surface area contributed by atoms with E-state index in [4.69, 9.17) is 9.68 Å². The summed E-state index contributed by atoms with van der Waals surface area (Å²) in [6, 6.07) is 12.6. The smallest absolute Gasteiger partial charge is 0.363 e. The normalized spacial score (nSPS) is 18.3. The van der Waals surface area contributed by atoms with Gasteiger partial charge in [0.15, 0.2) is 6.23 Å². The molecule has 1 unspecified atom stereocenters. The third-order valence-electron chi connectivity index (χ3n) is 5.07. The lowest BCUT2D eigenvalue weighted by molar-refractivity contribution is -0.191. The van der Waals surface area contributed by atoms with Gasteiger partial charge in [0.05, 0.1) is 11.1 Å². The van der Waals surface area contributed by atoms with E-state index < -0.39 is 35.9 Å². The van der Waals surface area contributed by atoms with Crippen LogP contribution in [0.5, 0.6) is 0 Å². The van der Waals surface area contributed by atoms with Crippen LogP contribution in [0.15, 0.2) is 48.5 Å². The topological polar surface area (TPSA) is 131 Å². The van der Waals surface area contributed by atoms with Crippen molar-refractivity contribution in [3.8, 4) is 11.1 Å². The van der Waals surface area contributed by atoms with Gasteiger partial charge < -0.3 is 14.8 Å². The quantitative estimate of drug-likeness (QED) is 0.697. The molecule has 0 aliphatic carbocycles. The summed E-state index contributed by atoms with van der Waals surface area (Å²) in [4.78, 5) is 69.0. The highest BCUT2D eigenvalue weighted by Gasteiger charge is 2.34. The van der Waals surface area contributed by atoms with Gasteiger partial charge in [-0.25, -0.2) is 9.59 Å². The van der Waals surface area contributed by atoms with E-state index in [2.05, 4.69) is 0 Å². The first-order valence-corrected chi connectivity index (χ1v) is 9.84. The summed E-state index contributed by atoms with van der Waals surface area (Å²) in [6.07, 6.45) is -0.786. The zero-order chi connectivity index (χ0) is 22.8. The number of aliphatic hydroxyl groups excluding tert-OH is 1. The van der Waals surface area contributed by atoms with Crippen LogP contribution in [0.3, 0.4) is 0 Å². The molecule has 0 aromatic heterocycles. The lowest BCUT2D eigenvalue weighted by atomic mass is 10.0. The third kappa shape index (κ3) is 4.21. The van der Waals surface area contributed by atoms with Crippen LogP contribution < -0.4 is 0 Å². The van der Waals surface area contributed by atoms with Gasteiger partial charge >= 0.3 is 11.9 Å². The van der Waals surface area contributed by atoms with Gasteiger partial charge in [-0.05, 0) is 35.4 Å². The Morgan fingerprint density at radius 2 is 1.19 bits per heavy atom. The molecule has 2 aromatic rings. The Morgan fingerprint density at radius 1 is 0.719 bits per heavy atom. The monoisotopic (exact) mass is 438 g/mol. The average Bonchev–Trinajstić information content (AvgIpc) is 3.29. The standard InChI is InChI=1S/C22H18N2O8/c25-17-9-10-18(26)23(17)31-21(29)15-5-1-13(2-6-15)14-3-7-16(8-4-14)22(30)32-24-19(27)11-12-20(24)28/h1-8,17,25H,9-12H2. The first kappa shape index (κ1) is 21.2. The van der Waals surface area contributed by atoms with Gasteiger partial charge in [0.25, 0.3) is 17.7 Å². The SMILES string of the molecule is O=C(ON1C(=O)CCC1=O)c1ccc(-c2ccc(C(=O)ON3C(=O)CCC3O)cc2)cc1. The van der Waals surface area contributed by atoms with E-state index in [0.717, 1.165) is 11.1 Å². The lowest BCUT2D eigenvalue weighted by Crippen LogP contribution is -2.35. The van der Waals surface area contributed by atoms with Crippen molar-refractivity contribution in [2.24, 2.45) is 0 Å². The molecular weight excluding hydrogens is 420 g/mol. The molecule has 1 atom stereocenters. The number of carbonyl (C=O) groups excluding carboxylic acids is 5. The van der Waals surface area contributed by atoms with Crippen molar-refractivity contribution in [1.29, 1.82) is 0 Å². The van der Waals surface area contributed by atoms with Crippen LogP contribution in [0.1, 0.15) is 46.4 Å². The van der Waals surface area contributed by atoms with Gasteiger partial charge in [-0.1, -0.05) is 24.3 Å². The molecule has 0 spiro atoms. The van der Waals surface area contributed by atoms with Crippen LogP contribution in [0.4, 0.5) is 0 Å². The van der Waals surface area contributed by atoms with Crippen LogP contribution in [-0.2, 0) is 24.1 Å². The number of carbonyl (C=O) groups is 5. The number of aliphatic hydroxyl groups is 1. The predicted molar refractivity (Wildman–Crippen MR) is 106 cm³/mol. The Labute approximate surface area is 181 Å². The molecule has 1 N–H and O–H groups in total. The van der Waals surface area contributed by atoms with Crippen molar-refractivity contribution >= 4 is 29.7 Å². The van der Waals surface area contributed by atoms with E-state index in [-0.39, 0.29) is 36.8 Å². The van der Waals surface area contributed by atoms with Crippen LogP contribution in [-0.4, -0.2) is 51.1 Å². The summed E-state index contributed by atoms with van der Waals surface area (Å²) in [5.41, 5.74) is 1.83. The second kappa shape index (κ2) is 8.60. The van der Waals surface area contributed by atoms with E-state index >= 15 is 0 Å². The molecule has 164 valence electrons. The van der Waals surface area contributed by atoms with E-state index in [1.807, 2.05) is 0 Å². The number of hydrogen-bond donors (Lipinski definition) is 1. The summed E-state index contributed by atoms with van der Waals surface area (Å²) >= 11 is 0. The Kier molecular flexibility index (Phi) is 5.69. The maximum Gasteiger partial charge on any atom is 0.363 e. The minimum absolute atomic E-state index is 0.0174. The molecule has 4 rings (SSSR count). The minimum atomic E-state index is -1.14. The van der Waals surface area contributed by atoms with E-state index in [1.54, 1.807) is 24.3 Å². The summed E-state index contributed by atoms with van der Waals surface area (Å²) in [5.74, 6) is -3.16. The first-order chi connectivity index (χ1) is 15.3. The van der Waals surface area contributed by atoms with Gasteiger partial charge in [0, 0.05) is 25.7 Å². The highest BCUT2D eigenvalue weighted by molar-refractivity contribution is 6.02. The molecule has 2 heterocycles. The van der Waals surface area contributed by atoms with Crippen molar-refractivity contribution in [2.75, 3.05) is 0 Å². The first-order valence-electron chi connectivity index (χ1n) is 9.84. The van der Waals surface area contributed by atoms with Gasteiger partial charge in [-0.3, -0.25) is 14.4 Å². The average molecular weight is 438 g/mol. The van der Waals surface area contributed by atoms with Crippen molar-refractivity contribution in [3.05, 3.63) is 59.7 Å². The molecule has 0 radical (unpaired) electrons.